The third-order valence-corrected chi connectivity index (χ3v) is 2.94. The van der Waals surface area contributed by atoms with Gasteiger partial charge in [0.05, 0.1) is 22.7 Å². The van der Waals surface area contributed by atoms with E-state index in [2.05, 4.69) is 29.5 Å². The number of aromatic nitrogens is 2. The zero-order valence-corrected chi connectivity index (χ0v) is 11.7. The van der Waals surface area contributed by atoms with Crippen LogP contribution in [0.1, 0.15) is 32.2 Å². The van der Waals surface area contributed by atoms with Crippen molar-refractivity contribution in [2.45, 2.75) is 33.9 Å². The van der Waals surface area contributed by atoms with Crippen molar-refractivity contribution in [3.05, 3.63) is 29.6 Å². The van der Waals surface area contributed by atoms with Crippen LogP contribution in [0.15, 0.2) is 18.2 Å². The fraction of sp³-hybridized carbons (Fsp3) is 0.467. The Kier molecular flexibility index (Phi) is 4.18. The minimum absolute atomic E-state index is 0.514. The summed E-state index contributed by atoms with van der Waals surface area (Å²) >= 11 is 0. The lowest BCUT2D eigenvalue weighted by Gasteiger charge is -2.11. The fourth-order valence-corrected chi connectivity index (χ4v) is 2.12. The van der Waals surface area contributed by atoms with Crippen LogP contribution in [0.5, 0.6) is 0 Å². The third kappa shape index (κ3) is 2.94. The van der Waals surface area contributed by atoms with Crippen molar-refractivity contribution in [3.8, 4) is 6.07 Å². The number of fused-ring (bicyclic) bond motifs is 1. The molecule has 0 radical (unpaired) electrons. The van der Waals surface area contributed by atoms with Crippen molar-refractivity contribution in [3.63, 3.8) is 0 Å². The van der Waals surface area contributed by atoms with E-state index in [-0.39, 0.29) is 0 Å². The second kappa shape index (κ2) is 5.85. The molecule has 1 aromatic carbocycles. The summed E-state index contributed by atoms with van der Waals surface area (Å²) in [5.74, 6) is 1.47. The lowest BCUT2D eigenvalue weighted by atomic mass is 10.2. The van der Waals surface area contributed by atoms with E-state index in [9.17, 15) is 0 Å². The molecular formula is C15H19N3O. The molecular weight excluding hydrogens is 238 g/mol. The molecule has 0 unspecified atom stereocenters. The number of ether oxygens (including phenoxy) is 1. The first-order valence-corrected chi connectivity index (χ1v) is 6.62. The molecule has 0 spiro atoms. The smallest absolute Gasteiger partial charge is 0.136 e. The molecule has 0 fully saturated rings. The first kappa shape index (κ1) is 13.6. The molecule has 0 saturated carbocycles. The average molecular weight is 257 g/mol. The Hall–Kier alpha value is -1.86. The largest absolute Gasteiger partial charge is 0.374 e. The molecule has 0 aliphatic carbocycles. The van der Waals surface area contributed by atoms with E-state index in [4.69, 9.17) is 10.00 Å². The van der Waals surface area contributed by atoms with Gasteiger partial charge in [-0.25, -0.2) is 4.98 Å². The van der Waals surface area contributed by atoms with Crippen LogP contribution < -0.4 is 0 Å². The van der Waals surface area contributed by atoms with Gasteiger partial charge in [0.25, 0.3) is 0 Å². The summed E-state index contributed by atoms with van der Waals surface area (Å²) in [6.45, 7) is 8.43. The van der Waals surface area contributed by atoms with Crippen LogP contribution in [0.25, 0.3) is 11.0 Å². The highest BCUT2D eigenvalue weighted by molar-refractivity contribution is 5.77. The van der Waals surface area contributed by atoms with Crippen LogP contribution >= 0.6 is 0 Å². The van der Waals surface area contributed by atoms with Gasteiger partial charge < -0.3 is 9.30 Å². The molecule has 0 amide bonds. The zero-order valence-electron chi connectivity index (χ0n) is 11.7. The minimum Gasteiger partial charge on any atom is -0.374 e. The van der Waals surface area contributed by atoms with Crippen LogP contribution in [-0.2, 0) is 17.9 Å². The van der Waals surface area contributed by atoms with E-state index in [1.807, 2.05) is 25.1 Å². The number of imidazole rings is 1. The molecule has 100 valence electrons. The van der Waals surface area contributed by atoms with Gasteiger partial charge in [-0.15, -0.1) is 0 Å². The first-order chi connectivity index (χ1) is 9.15. The van der Waals surface area contributed by atoms with Crippen molar-refractivity contribution in [1.82, 2.24) is 9.55 Å². The molecule has 4 nitrogen and oxygen atoms in total. The SMILES string of the molecule is CCOCc1nc2cc(C#N)ccc2n1CC(C)C. The molecule has 0 aliphatic rings. The molecule has 19 heavy (non-hydrogen) atoms. The topological polar surface area (TPSA) is 50.8 Å². The second-order valence-electron chi connectivity index (χ2n) is 4.98. The predicted octanol–water partition coefficient (Wildman–Crippen LogP) is 3.10. The molecule has 2 rings (SSSR count). The summed E-state index contributed by atoms with van der Waals surface area (Å²) in [4.78, 5) is 4.60. The van der Waals surface area contributed by atoms with Crippen LogP contribution in [0.3, 0.4) is 0 Å². The van der Waals surface area contributed by atoms with Gasteiger partial charge in [-0.1, -0.05) is 13.8 Å². The number of nitrogens with zero attached hydrogens (tertiary/aromatic N) is 3. The van der Waals surface area contributed by atoms with E-state index in [1.54, 1.807) is 0 Å². The fourth-order valence-electron chi connectivity index (χ4n) is 2.12. The summed E-state index contributed by atoms with van der Waals surface area (Å²) in [7, 11) is 0. The average Bonchev–Trinajstić information content (AvgIpc) is 2.73. The second-order valence-corrected chi connectivity index (χ2v) is 4.98. The lowest BCUT2D eigenvalue weighted by Crippen LogP contribution is -2.09. The van der Waals surface area contributed by atoms with Crippen LogP contribution in [-0.4, -0.2) is 16.2 Å². The van der Waals surface area contributed by atoms with Crippen molar-refractivity contribution in [1.29, 1.82) is 5.26 Å². The van der Waals surface area contributed by atoms with Crippen molar-refractivity contribution in [2.75, 3.05) is 6.61 Å². The maximum atomic E-state index is 8.95. The highest BCUT2D eigenvalue weighted by Crippen LogP contribution is 2.20. The van der Waals surface area contributed by atoms with Gasteiger partial charge in [0.2, 0.25) is 0 Å². The summed E-state index contributed by atoms with van der Waals surface area (Å²) in [6, 6.07) is 7.80. The molecule has 1 aromatic heterocycles. The third-order valence-electron chi connectivity index (χ3n) is 2.94. The number of nitriles is 1. The van der Waals surface area contributed by atoms with Gasteiger partial charge in [-0.05, 0) is 31.0 Å². The molecule has 0 bridgehead atoms. The Balaban J connectivity index is 2.49. The van der Waals surface area contributed by atoms with Gasteiger partial charge in [0.15, 0.2) is 0 Å². The molecule has 0 N–H and O–H groups in total. The first-order valence-electron chi connectivity index (χ1n) is 6.62. The molecule has 1 heterocycles. The Morgan fingerprint density at radius 3 is 2.84 bits per heavy atom. The quantitative estimate of drug-likeness (QED) is 0.827. The number of hydrogen-bond acceptors (Lipinski definition) is 3. The van der Waals surface area contributed by atoms with Gasteiger partial charge in [0, 0.05) is 13.2 Å². The van der Waals surface area contributed by atoms with Gasteiger partial charge >= 0.3 is 0 Å². The van der Waals surface area contributed by atoms with Gasteiger partial charge in [0.1, 0.15) is 12.4 Å². The summed E-state index contributed by atoms with van der Waals surface area (Å²) in [5.41, 5.74) is 2.58. The van der Waals surface area contributed by atoms with Gasteiger partial charge in [-0.2, -0.15) is 5.26 Å². The van der Waals surface area contributed by atoms with Crippen LogP contribution in [0.4, 0.5) is 0 Å². The number of rotatable bonds is 5. The number of benzene rings is 1. The summed E-state index contributed by atoms with van der Waals surface area (Å²) in [6.07, 6.45) is 0. The minimum atomic E-state index is 0.514. The Labute approximate surface area is 113 Å². The van der Waals surface area contributed by atoms with E-state index < -0.39 is 0 Å². The van der Waals surface area contributed by atoms with Crippen molar-refractivity contribution in [2.24, 2.45) is 5.92 Å². The number of hydrogen-bond donors (Lipinski definition) is 0. The molecule has 0 aliphatic heterocycles. The van der Waals surface area contributed by atoms with Crippen molar-refractivity contribution < 1.29 is 4.74 Å². The summed E-state index contributed by atoms with van der Waals surface area (Å²) < 4.78 is 7.67. The van der Waals surface area contributed by atoms with E-state index in [1.165, 1.54) is 0 Å². The van der Waals surface area contributed by atoms with E-state index >= 15 is 0 Å². The Morgan fingerprint density at radius 2 is 2.21 bits per heavy atom. The zero-order chi connectivity index (χ0) is 13.8. The molecule has 2 aromatic rings. The summed E-state index contributed by atoms with van der Waals surface area (Å²) in [5, 5.41) is 8.95. The predicted molar refractivity (Wildman–Crippen MR) is 74.6 cm³/mol. The highest BCUT2D eigenvalue weighted by Gasteiger charge is 2.12. The van der Waals surface area contributed by atoms with E-state index in [0.717, 1.165) is 23.4 Å². The maximum Gasteiger partial charge on any atom is 0.136 e. The monoisotopic (exact) mass is 257 g/mol. The maximum absolute atomic E-state index is 8.95. The van der Waals surface area contributed by atoms with E-state index in [0.29, 0.717) is 24.7 Å². The Morgan fingerprint density at radius 1 is 1.42 bits per heavy atom. The normalized spacial score (nSPS) is 11.1. The molecule has 4 heteroatoms. The Bertz CT molecular complexity index is 608. The highest BCUT2D eigenvalue weighted by atomic mass is 16.5. The van der Waals surface area contributed by atoms with Crippen LogP contribution in [0, 0.1) is 17.2 Å². The standard InChI is InChI=1S/C15H19N3O/c1-4-19-10-15-17-13-7-12(8-16)5-6-14(13)18(15)9-11(2)3/h5-7,11H,4,9-10H2,1-3H3. The molecule has 0 atom stereocenters. The van der Waals surface area contributed by atoms with Crippen molar-refractivity contribution >= 4 is 11.0 Å². The van der Waals surface area contributed by atoms with Gasteiger partial charge in [-0.3, -0.25) is 0 Å². The lowest BCUT2D eigenvalue weighted by molar-refractivity contribution is 0.125. The molecule has 0 saturated heterocycles. The van der Waals surface area contributed by atoms with Crippen LogP contribution in [0.2, 0.25) is 0 Å².